The van der Waals surface area contributed by atoms with Gasteiger partial charge in [-0.25, -0.2) is 0 Å². The summed E-state index contributed by atoms with van der Waals surface area (Å²) in [5.41, 5.74) is 4.85. The van der Waals surface area contributed by atoms with Gasteiger partial charge in [-0.05, 0) is 22.3 Å². The maximum atomic E-state index is 7.50. The number of rotatable bonds is 4. The molecular weight excluding hydrogens is 400 g/mol. The molecule has 0 aliphatic rings. The van der Waals surface area contributed by atoms with Crippen molar-refractivity contribution in [2.24, 2.45) is 0 Å². The van der Waals surface area contributed by atoms with Gasteiger partial charge < -0.3 is 0 Å². The van der Waals surface area contributed by atoms with E-state index in [0.29, 0.717) is 0 Å². The van der Waals surface area contributed by atoms with Crippen LogP contribution in [-0.2, 0) is 31.3 Å². The maximum Gasteiger partial charge on any atom is 0 e. The van der Waals surface area contributed by atoms with Gasteiger partial charge in [-0.2, -0.15) is 0 Å². The van der Waals surface area contributed by atoms with Crippen LogP contribution in [0.3, 0.4) is 0 Å². The summed E-state index contributed by atoms with van der Waals surface area (Å²) in [6, 6.07) is 29.3. The average molecular weight is 418 g/mol. The Kier molecular flexibility index (Phi) is 19.0. The van der Waals surface area contributed by atoms with E-state index in [1.54, 1.807) is 0 Å². The van der Waals surface area contributed by atoms with E-state index in [1.807, 2.05) is 12.1 Å². The monoisotopic (exact) mass is 418 g/mol. The van der Waals surface area contributed by atoms with Gasteiger partial charge in [0.25, 0.3) is 0 Å². The van der Waals surface area contributed by atoms with E-state index in [0.717, 1.165) is 0 Å². The fraction of sp³-hybridized carbons (Fsp3) is 0. The molecule has 3 aromatic rings. The summed E-state index contributed by atoms with van der Waals surface area (Å²) < 4.78 is 22.5. The van der Waals surface area contributed by atoms with Crippen LogP contribution in [0.2, 0.25) is 0 Å². The van der Waals surface area contributed by atoms with Crippen molar-refractivity contribution in [2.75, 3.05) is 0 Å². The van der Waals surface area contributed by atoms with E-state index >= 15 is 0 Å². The molecule has 3 rings (SSSR count). The van der Waals surface area contributed by atoms with Crippen LogP contribution in [-0.4, -0.2) is 0 Å². The third-order valence-electron chi connectivity index (χ3n) is 3.47. The summed E-state index contributed by atoms with van der Waals surface area (Å²) in [5, 5.41) is 0. The predicted octanol–water partition coefficient (Wildman–Crippen LogP) is 5.91. The van der Waals surface area contributed by atoms with Crippen LogP contribution in [0.4, 0.5) is 0 Å². The molecule has 0 bridgehead atoms. The van der Waals surface area contributed by atoms with Crippen LogP contribution in [0.25, 0.3) is 24.3 Å². The van der Waals surface area contributed by atoms with Crippen LogP contribution < -0.4 is 0 Å². The van der Waals surface area contributed by atoms with E-state index in [-0.39, 0.29) is 17.4 Å². The first-order chi connectivity index (χ1) is 13.9. The quantitative estimate of drug-likeness (QED) is 0.287. The molecule has 0 heterocycles. The minimum atomic E-state index is 0. The van der Waals surface area contributed by atoms with Gasteiger partial charge >= 0.3 is 33.9 Å². The van der Waals surface area contributed by atoms with Gasteiger partial charge in [0.15, 0.2) is 0 Å². The fourth-order valence-electron chi connectivity index (χ4n) is 2.23. The van der Waals surface area contributed by atoms with Gasteiger partial charge in [-0.15, -0.1) is 0 Å². The average Bonchev–Trinajstić information content (AvgIpc) is 2.82. The normalized spacial score (nSPS) is 8.76. The summed E-state index contributed by atoms with van der Waals surface area (Å²) in [7, 11) is 0. The standard InChI is InChI=1S/C22H18.3CO.Cr/c1-3-7-19(8-4-1)11-13-21-15-17-22(18-16-21)14-12-20-9-5-2-6-10-20;3*1-2;/h1-18H;;;;/b13-11+,14-12+;;;;. The molecule has 0 spiro atoms. The minimum absolute atomic E-state index is 0. The molecule has 0 atom stereocenters. The molecule has 3 aromatic carbocycles. The molecule has 0 aromatic heterocycles. The summed E-state index contributed by atoms with van der Waals surface area (Å²) in [4.78, 5) is 0. The second-order valence-corrected chi connectivity index (χ2v) is 5.15. The molecule has 0 aliphatic carbocycles. The molecule has 0 N–H and O–H groups in total. The zero-order chi connectivity index (χ0) is 21.0. The second kappa shape index (κ2) is 19.6. The maximum absolute atomic E-state index is 7.50. The van der Waals surface area contributed by atoms with E-state index < -0.39 is 0 Å². The Hall–Kier alpha value is -3.11. The Morgan fingerprint density at radius 3 is 0.828 bits per heavy atom. The Morgan fingerprint density at radius 1 is 0.379 bits per heavy atom. The van der Waals surface area contributed by atoms with Gasteiger partial charge in [0, 0.05) is 17.4 Å². The zero-order valence-electron chi connectivity index (χ0n) is 15.5. The second-order valence-electron chi connectivity index (χ2n) is 5.15. The van der Waals surface area contributed by atoms with E-state index in [2.05, 4.69) is 117 Å². The number of hydrogen-bond donors (Lipinski definition) is 0. The first-order valence-corrected chi connectivity index (χ1v) is 8.08. The van der Waals surface area contributed by atoms with Crippen molar-refractivity contribution in [3.8, 4) is 0 Å². The third-order valence-corrected chi connectivity index (χ3v) is 3.47. The molecule has 0 aliphatic heterocycles. The molecule has 0 radical (unpaired) electrons. The van der Waals surface area contributed by atoms with Crippen molar-refractivity contribution < 1.29 is 31.3 Å². The van der Waals surface area contributed by atoms with E-state index in [4.69, 9.17) is 14.0 Å². The van der Waals surface area contributed by atoms with Crippen molar-refractivity contribution in [1.29, 1.82) is 0 Å². The van der Waals surface area contributed by atoms with Gasteiger partial charge in [-0.1, -0.05) is 109 Å². The largest absolute Gasteiger partial charge is 0 e. The molecule has 0 fully saturated rings. The first kappa shape index (κ1) is 28.1. The number of hydrogen-bond acceptors (Lipinski definition) is 0. The molecule has 4 heteroatoms. The zero-order valence-corrected chi connectivity index (χ0v) is 16.8. The van der Waals surface area contributed by atoms with Crippen molar-refractivity contribution in [3.05, 3.63) is 127 Å². The van der Waals surface area contributed by atoms with Crippen molar-refractivity contribution >= 4 is 24.3 Å². The minimum Gasteiger partial charge on any atom is 0 e. The van der Waals surface area contributed by atoms with E-state index in [1.165, 1.54) is 22.3 Å². The number of benzene rings is 3. The molecule has 3 nitrogen and oxygen atoms in total. The Morgan fingerprint density at radius 2 is 0.586 bits per heavy atom. The Labute approximate surface area is 182 Å². The summed E-state index contributed by atoms with van der Waals surface area (Å²) in [6.45, 7) is 13.5. The van der Waals surface area contributed by atoms with Gasteiger partial charge in [0.05, 0.1) is 0 Å². The molecule has 29 heavy (non-hydrogen) atoms. The van der Waals surface area contributed by atoms with Crippen LogP contribution in [0.5, 0.6) is 0 Å². The van der Waals surface area contributed by atoms with Crippen molar-refractivity contribution in [3.63, 3.8) is 0 Å². The Bertz CT molecular complexity index is 809. The predicted molar refractivity (Wildman–Crippen MR) is 109 cm³/mol. The van der Waals surface area contributed by atoms with Crippen LogP contribution in [0.15, 0.2) is 84.9 Å². The van der Waals surface area contributed by atoms with E-state index in [9.17, 15) is 0 Å². The summed E-state index contributed by atoms with van der Waals surface area (Å²) >= 11 is 0. The topological polar surface area (TPSA) is 59.7 Å². The van der Waals surface area contributed by atoms with Crippen molar-refractivity contribution in [1.82, 2.24) is 0 Å². The fourth-order valence-corrected chi connectivity index (χ4v) is 2.23. The van der Waals surface area contributed by atoms with Gasteiger partial charge in [0.2, 0.25) is 0 Å². The van der Waals surface area contributed by atoms with Crippen LogP contribution in [0.1, 0.15) is 22.3 Å². The molecular formula is C25H18CrO3. The van der Waals surface area contributed by atoms with Crippen LogP contribution >= 0.6 is 0 Å². The summed E-state index contributed by atoms with van der Waals surface area (Å²) in [5.74, 6) is 0. The molecule has 0 saturated carbocycles. The first-order valence-electron chi connectivity index (χ1n) is 8.08. The van der Waals surface area contributed by atoms with Crippen molar-refractivity contribution in [2.45, 2.75) is 0 Å². The smallest absolute Gasteiger partial charge is 0 e. The summed E-state index contributed by atoms with van der Waals surface area (Å²) in [6.07, 6.45) is 8.55. The Balaban J connectivity index is 0. The third kappa shape index (κ3) is 12.1. The molecule has 0 unspecified atom stereocenters. The van der Waals surface area contributed by atoms with Crippen LogP contribution in [0, 0.1) is 20.0 Å². The molecule has 0 saturated heterocycles. The molecule has 142 valence electrons. The molecule has 0 amide bonds. The SMILES string of the molecule is C(=C\c1ccc(/C=C/c2ccccc2)cc1)/c1ccccc1.[C-]#[O+].[C-]#[O+].[C-]#[O+].[Cr]. The van der Waals surface area contributed by atoms with Gasteiger partial charge in [0.1, 0.15) is 0 Å². The van der Waals surface area contributed by atoms with Gasteiger partial charge in [-0.3, -0.25) is 0 Å².